The van der Waals surface area contributed by atoms with Crippen LogP contribution in [0.25, 0.3) is 0 Å². The minimum Gasteiger partial charge on any atom is -0.394 e. The van der Waals surface area contributed by atoms with Gasteiger partial charge in [0, 0.05) is 6.42 Å². The Kier molecular flexibility index (Phi) is 56.4. The average Bonchev–Trinajstić information content (AvgIpc) is 3.32. The molecule has 66 heavy (non-hydrogen) atoms. The Morgan fingerprint density at radius 2 is 0.515 bits per heavy atom. The first kappa shape index (κ1) is 65.3. The zero-order chi connectivity index (χ0) is 47.9. The van der Waals surface area contributed by atoms with E-state index in [0.717, 1.165) is 32.1 Å². The summed E-state index contributed by atoms with van der Waals surface area (Å²) in [6.07, 6.45) is 69.9. The van der Waals surface area contributed by atoms with Crippen molar-refractivity contribution in [2.45, 2.75) is 379 Å². The molecule has 0 heterocycles. The van der Waals surface area contributed by atoms with E-state index in [-0.39, 0.29) is 12.5 Å². The van der Waals surface area contributed by atoms with Gasteiger partial charge in [0.05, 0.1) is 18.8 Å². The molecule has 0 saturated heterocycles. The first-order valence-corrected chi connectivity index (χ1v) is 30.8. The van der Waals surface area contributed by atoms with Crippen molar-refractivity contribution in [3.8, 4) is 0 Å². The van der Waals surface area contributed by atoms with Gasteiger partial charge in [-0.05, 0) is 12.8 Å². The summed E-state index contributed by atoms with van der Waals surface area (Å²) in [5.74, 6) is -0.134. The fourth-order valence-electron chi connectivity index (χ4n) is 10.2. The van der Waals surface area contributed by atoms with Gasteiger partial charge in [-0.15, -0.1) is 0 Å². The lowest BCUT2D eigenvalue weighted by molar-refractivity contribution is -0.124. The minimum atomic E-state index is -1.13. The molecule has 0 bridgehead atoms. The summed E-state index contributed by atoms with van der Waals surface area (Å²) in [5, 5.41) is 33.9. The number of amides is 1. The fraction of sp³-hybridized carbons (Fsp3) is 0.984. The maximum atomic E-state index is 12.5. The van der Waals surface area contributed by atoms with Gasteiger partial charge in [0.1, 0.15) is 6.10 Å². The number of nitrogens with one attached hydrogen (secondary N) is 1. The molecule has 1 amide bonds. The molecule has 0 rings (SSSR count). The second-order valence-electron chi connectivity index (χ2n) is 21.6. The summed E-state index contributed by atoms with van der Waals surface area (Å²) in [6.45, 7) is 4.24. The summed E-state index contributed by atoms with van der Waals surface area (Å²) in [4.78, 5) is 12.5. The van der Waals surface area contributed by atoms with Crippen LogP contribution in [0, 0.1) is 0 Å². The Bertz CT molecular complexity index is 898. The van der Waals surface area contributed by atoms with Gasteiger partial charge < -0.3 is 20.6 Å². The molecule has 0 aromatic carbocycles. The summed E-state index contributed by atoms with van der Waals surface area (Å²) in [7, 11) is 0. The van der Waals surface area contributed by atoms with Crippen molar-refractivity contribution in [3.63, 3.8) is 0 Å². The van der Waals surface area contributed by atoms with E-state index in [9.17, 15) is 20.1 Å². The molecule has 0 aliphatic carbocycles. The quantitative estimate of drug-likeness (QED) is 0.0458. The third kappa shape index (κ3) is 51.2. The standard InChI is InChI=1S/C61H123NO4/c1-3-5-7-9-11-13-15-17-19-21-23-25-27-29-30-31-32-34-36-38-40-42-44-46-48-50-52-54-56-60(65)62-58(57-63)61(66)59(64)55-53-51-49-47-45-43-41-39-37-35-33-28-26-24-22-20-18-16-14-12-10-8-6-4-2/h58-59,61,63-64,66H,3-57H2,1-2H3,(H,62,65). The molecule has 3 unspecified atom stereocenters. The number of carbonyl (C=O) groups excluding carboxylic acids is 1. The van der Waals surface area contributed by atoms with Gasteiger partial charge in [0.2, 0.25) is 5.91 Å². The molecule has 0 aromatic rings. The van der Waals surface area contributed by atoms with Crippen LogP contribution in [-0.2, 0) is 4.79 Å². The maximum absolute atomic E-state index is 12.5. The normalized spacial score (nSPS) is 13.1. The van der Waals surface area contributed by atoms with Crippen LogP contribution in [0.5, 0.6) is 0 Å². The van der Waals surface area contributed by atoms with Crippen LogP contribution in [0.3, 0.4) is 0 Å². The van der Waals surface area contributed by atoms with Crippen LogP contribution in [-0.4, -0.2) is 46.1 Å². The SMILES string of the molecule is CCCCCCCCCCCCCCCCCCCCCCCCCCCCCCC(=O)NC(CO)C(O)C(O)CCCCCCCCCCCCCCCCCCCCCCCCCC. The van der Waals surface area contributed by atoms with Crippen molar-refractivity contribution < 1.29 is 20.1 Å². The van der Waals surface area contributed by atoms with Crippen LogP contribution >= 0.6 is 0 Å². The zero-order valence-electron chi connectivity index (χ0n) is 45.4. The van der Waals surface area contributed by atoms with Crippen LogP contribution < -0.4 is 5.32 Å². The fourth-order valence-corrected chi connectivity index (χ4v) is 10.2. The molecule has 0 spiro atoms. The molecule has 4 N–H and O–H groups in total. The Morgan fingerprint density at radius 3 is 0.727 bits per heavy atom. The molecule has 0 aromatic heterocycles. The predicted molar refractivity (Wildman–Crippen MR) is 292 cm³/mol. The Hall–Kier alpha value is -0.650. The number of carbonyl (C=O) groups is 1. The molecule has 0 fully saturated rings. The van der Waals surface area contributed by atoms with E-state index in [4.69, 9.17) is 0 Å². The molecular formula is C61H123NO4. The summed E-state index contributed by atoms with van der Waals surface area (Å²) in [5.41, 5.74) is 0. The topological polar surface area (TPSA) is 89.8 Å². The van der Waals surface area contributed by atoms with Crippen LogP contribution in [0.4, 0.5) is 0 Å². The van der Waals surface area contributed by atoms with Gasteiger partial charge in [-0.1, -0.05) is 341 Å². The monoisotopic (exact) mass is 934 g/mol. The van der Waals surface area contributed by atoms with Crippen LogP contribution in [0.2, 0.25) is 0 Å². The third-order valence-corrected chi connectivity index (χ3v) is 15.0. The molecule has 0 radical (unpaired) electrons. The number of aliphatic hydroxyl groups excluding tert-OH is 3. The van der Waals surface area contributed by atoms with Crippen molar-refractivity contribution in [2.24, 2.45) is 0 Å². The summed E-state index contributed by atoms with van der Waals surface area (Å²) >= 11 is 0. The molecule has 0 aliphatic heterocycles. The molecule has 5 heteroatoms. The molecule has 0 saturated carbocycles. The van der Waals surface area contributed by atoms with E-state index in [0.29, 0.717) is 12.8 Å². The lowest BCUT2D eigenvalue weighted by Gasteiger charge is -2.26. The van der Waals surface area contributed by atoms with E-state index in [1.165, 1.54) is 302 Å². The second-order valence-corrected chi connectivity index (χ2v) is 21.6. The van der Waals surface area contributed by atoms with Crippen molar-refractivity contribution >= 4 is 5.91 Å². The summed E-state index contributed by atoms with van der Waals surface area (Å²) in [6, 6.07) is -0.805. The van der Waals surface area contributed by atoms with E-state index in [2.05, 4.69) is 19.2 Å². The van der Waals surface area contributed by atoms with Crippen molar-refractivity contribution in [2.75, 3.05) is 6.61 Å². The highest BCUT2D eigenvalue weighted by molar-refractivity contribution is 5.76. The number of hydrogen-bond donors (Lipinski definition) is 4. The Balaban J connectivity index is 3.46. The predicted octanol–water partition coefficient (Wildman–Crippen LogP) is 19.3. The number of unbranched alkanes of at least 4 members (excludes halogenated alkanes) is 50. The lowest BCUT2D eigenvalue weighted by atomic mass is 9.99. The molecule has 3 atom stereocenters. The van der Waals surface area contributed by atoms with Crippen LogP contribution in [0.1, 0.15) is 361 Å². The van der Waals surface area contributed by atoms with Gasteiger partial charge in [0.15, 0.2) is 0 Å². The summed E-state index contributed by atoms with van der Waals surface area (Å²) < 4.78 is 0. The van der Waals surface area contributed by atoms with Crippen molar-refractivity contribution in [1.29, 1.82) is 0 Å². The lowest BCUT2D eigenvalue weighted by Crippen LogP contribution is -2.50. The zero-order valence-corrected chi connectivity index (χ0v) is 45.4. The Morgan fingerprint density at radius 1 is 0.318 bits per heavy atom. The smallest absolute Gasteiger partial charge is 0.220 e. The number of aliphatic hydroxyl groups is 3. The van der Waals surface area contributed by atoms with Gasteiger partial charge in [-0.25, -0.2) is 0 Å². The maximum Gasteiger partial charge on any atom is 0.220 e. The van der Waals surface area contributed by atoms with Gasteiger partial charge >= 0.3 is 0 Å². The first-order valence-electron chi connectivity index (χ1n) is 30.8. The number of hydrogen-bond acceptors (Lipinski definition) is 4. The van der Waals surface area contributed by atoms with Crippen molar-refractivity contribution in [3.05, 3.63) is 0 Å². The highest BCUT2D eigenvalue weighted by Crippen LogP contribution is 2.19. The molecule has 0 aliphatic rings. The second kappa shape index (κ2) is 56.9. The van der Waals surface area contributed by atoms with Gasteiger partial charge in [-0.2, -0.15) is 0 Å². The minimum absolute atomic E-state index is 0.134. The molecule has 5 nitrogen and oxygen atoms in total. The van der Waals surface area contributed by atoms with Crippen molar-refractivity contribution in [1.82, 2.24) is 5.32 Å². The van der Waals surface area contributed by atoms with Gasteiger partial charge in [0.25, 0.3) is 0 Å². The van der Waals surface area contributed by atoms with E-state index in [1.807, 2.05) is 0 Å². The third-order valence-electron chi connectivity index (χ3n) is 15.0. The molecular weight excluding hydrogens is 811 g/mol. The number of rotatable bonds is 58. The van der Waals surface area contributed by atoms with E-state index in [1.54, 1.807) is 0 Å². The largest absolute Gasteiger partial charge is 0.394 e. The first-order chi connectivity index (χ1) is 32.6. The highest BCUT2D eigenvalue weighted by Gasteiger charge is 2.26. The van der Waals surface area contributed by atoms with E-state index >= 15 is 0 Å². The average molecular weight is 935 g/mol. The highest BCUT2D eigenvalue weighted by atomic mass is 16.3. The van der Waals surface area contributed by atoms with E-state index < -0.39 is 18.2 Å². The van der Waals surface area contributed by atoms with Crippen LogP contribution in [0.15, 0.2) is 0 Å². The Labute approximate surface area is 415 Å². The molecule has 396 valence electrons. The van der Waals surface area contributed by atoms with Gasteiger partial charge in [-0.3, -0.25) is 4.79 Å².